The van der Waals surface area contributed by atoms with Crippen molar-refractivity contribution in [2.45, 2.75) is 30.7 Å². The van der Waals surface area contributed by atoms with E-state index < -0.39 is 5.41 Å². The summed E-state index contributed by atoms with van der Waals surface area (Å²) in [5.74, 6) is 0. The lowest BCUT2D eigenvalue weighted by molar-refractivity contribution is 0.587. The van der Waals surface area contributed by atoms with Gasteiger partial charge in [0.15, 0.2) is 0 Å². The summed E-state index contributed by atoms with van der Waals surface area (Å²) in [6.45, 7) is 0. The Kier molecular flexibility index (Phi) is 8.25. The molecule has 0 N–H and O–H groups in total. The monoisotopic (exact) mass is 980 g/mol. The van der Waals surface area contributed by atoms with E-state index in [0.29, 0.717) is 0 Å². The van der Waals surface area contributed by atoms with Crippen molar-refractivity contribution in [2.24, 2.45) is 0 Å². The third-order valence-electron chi connectivity index (χ3n) is 18.2. The summed E-state index contributed by atoms with van der Waals surface area (Å²) in [5.41, 5.74) is 25.0. The van der Waals surface area contributed by atoms with Gasteiger partial charge < -0.3 is 18.3 Å². The molecular formula is C73H48N4. The standard InChI is InChI=1S/C73H48N4/c1-9-25-65-53(17-1)54-18-2-10-26-66(54)74(65)45-33-37-49-50-38-34-46(75-67-27-11-3-19-55(67)56-20-4-12-28-68(56)75)42-62(50)73(61(49)41-45)63-43-47(76-69-29-13-5-21-57(69)58-22-6-14-30-70(58)76)35-39-51(63)52-40-36-48(44-64(52)73)77-71-31-15-7-23-59(71)60-24-8-16-32-72(60)77/h1-15,17-31,33-42,44,47H,16,32,43H2. The first-order chi connectivity index (χ1) is 38.2. The maximum atomic E-state index is 2.64. The van der Waals surface area contributed by atoms with E-state index in [9.17, 15) is 0 Å². The first kappa shape index (κ1) is 41.7. The summed E-state index contributed by atoms with van der Waals surface area (Å²) in [7, 11) is 0. The normalized spacial score (nSPS) is 16.0. The Morgan fingerprint density at radius 1 is 0.364 bits per heavy atom. The second-order valence-electron chi connectivity index (χ2n) is 21.8. The lowest BCUT2D eigenvalue weighted by Crippen LogP contribution is -2.30. The quantitative estimate of drug-likeness (QED) is 0.167. The summed E-state index contributed by atoms with van der Waals surface area (Å²) in [4.78, 5) is 0. The molecule has 4 heteroatoms. The first-order valence-electron chi connectivity index (χ1n) is 27.3. The number of nitrogens with zero attached hydrogens (tertiary/aromatic N) is 4. The number of rotatable bonds is 4. The highest BCUT2D eigenvalue weighted by molar-refractivity contribution is 6.12. The molecule has 4 heterocycles. The Labute approximate surface area is 444 Å². The molecule has 4 nitrogen and oxygen atoms in total. The van der Waals surface area contributed by atoms with Gasteiger partial charge in [-0.15, -0.1) is 0 Å². The predicted octanol–water partition coefficient (Wildman–Crippen LogP) is 18.2. The van der Waals surface area contributed by atoms with Gasteiger partial charge in [-0.3, -0.25) is 0 Å². The molecule has 14 aromatic rings. The van der Waals surface area contributed by atoms with Gasteiger partial charge in [-0.25, -0.2) is 0 Å². The van der Waals surface area contributed by atoms with Crippen molar-refractivity contribution in [3.8, 4) is 28.2 Å². The van der Waals surface area contributed by atoms with Crippen LogP contribution in [-0.4, -0.2) is 18.3 Å². The maximum absolute atomic E-state index is 2.64. The van der Waals surface area contributed by atoms with Crippen molar-refractivity contribution >= 4 is 88.0 Å². The smallest absolute Gasteiger partial charge is 0.0691 e. The van der Waals surface area contributed by atoms with E-state index in [4.69, 9.17) is 0 Å². The van der Waals surface area contributed by atoms with Gasteiger partial charge in [0.2, 0.25) is 0 Å². The van der Waals surface area contributed by atoms with Crippen LogP contribution in [0.25, 0.3) is 116 Å². The fourth-order valence-corrected chi connectivity index (χ4v) is 15.2. The lowest BCUT2D eigenvalue weighted by atomic mass is 9.67. The highest BCUT2D eigenvalue weighted by Crippen LogP contribution is 2.65. The second kappa shape index (κ2) is 15.2. The second-order valence-corrected chi connectivity index (χ2v) is 21.8. The number of allylic oxidation sites excluding steroid dienone is 5. The SMILES string of the molecule is C1=Cc2c(n(-c3ccc4c(c3)C3(C5=C4C=CC(n4c6ccccc6c6ccccc64)C5)c4cc(-n5c6ccccc6c6ccccc65)ccc4-c4ccc(-n5c6ccccc6c6ccccc65)cc43)c3ccccc23)CC1. The van der Waals surface area contributed by atoms with Gasteiger partial charge in [0, 0.05) is 77.1 Å². The van der Waals surface area contributed by atoms with Gasteiger partial charge in [0.1, 0.15) is 0 Å². The summed E-state index contributed by atoms with van der Waals surface area (Å²) < 4.78 is 10.3. The van der Waals surface area contributed by atoms with E-state index >= 15 is 0 Å². The minimum atomic E-state index is -0.667. The van der Waals surface area contributed by atoms with E-state index in [-0.39, 0.29) is 6.04 Å². The third kappa shape index (κ3) is 5.36. The number of para-hydroxylation sites is 7. The molecule has 77 heavy (non-hydrogen) atoms. The van der Waals surface area contributed by atoms with Crippen LogP contribution in [0, 0.1) is 0 Å². The van der Waals surface area contributed by atoms with Crippen molar-refractivity contribution in [1.29, 1.82) is 0 Å². The van der Waals surface area contributed by atoms with Crippen molar-refractivity contribution in [3.05, 3.63) is 282 Å². The number of hydrogen-bond acceptors (Lipinski definition) is 0. The van der Waals surface area contributed by atoms with Crippen LogP contribution < -0.4 is 0 Å². The molecule has 4 aromatic heterocycles. The number of fused-ring (bicyclic) bond motifs is 21. The predicted molar refractivity (Wildman–Crippen MR) is 320 cm³/mol. The zero-order valence-corrected chi connectivity index (χ0v) is 42.2. The van der Waals surface area contributed by atoms with Gasteiger partial charge in [0.25, 0.3) is 0 Å². The van der Waals surface area contributed by atoms with E-state index in [1.165, 1.54) is 149 Å². The summed E-state index contributed by atoms with van der Waals surface area (Å²) in [5, 5.41) is 8.97. The van der Waals surface area contributed by atoms with Crippen LogP contribution in [0.1, 0.15) is 52.4 Å². The highest BCUT2D eigenvalue weighted by Gasteiger charge is 2.54. The fraction of sp³-hybridized carbons (Fsp3) is 0.0685. The van der Waals surface area contributed by atoms with Crippen molar-refractivity contribution in [1.82, 2.24) is 18.3 Å². The van der Waals surface area contributed by atoms with Crippen LogP contribution in [-0.2, 0) is 11.8 Å². The Morgan fingerprint density at radius 2 is 0.753 bits per heavy atom. The first-order valence-corrected chi connectivity index (χ1v) is 27.3. The van der Waals surface area contributed by atoms with Crippen molar-refractivity contribution in [2.75, 3.05) is 0 Å². The molecule has 1 spiro atoms. The van der Waals surface area contributed by atoms with E-state index in [2.05, 4.69) is 267 Å². The molecule has 0 bridgehead atoms. The molecule has 0 amide bonds. The van der Waals surface area contributed by atoms with Crippen LogP contribution >= 0.6 is 0 Å². The Bertz CT molecular complexity index is 4710. The van der Waals surface area contributed by atoms with Gasteiger partial charge in [0.05, 0.1) is 39.0 Å². The van der Waals surface area contributed by atoms with E-state index in [1.54, 1.807) is 0 Å². The zero-order valence-electron chi connectivity index (χ0n) is 42.2. The van der Waals surface area contributed by atoms with Crippen molar-refractivity contribution in [3.63, 3.8) is 0 Å². The topological polar surface area (TPSA) is 19.7 Å². The van der Waals surface area contributed by atoms with Crippen LogP contribution in [0.5, 0.6) is 0 Å². The van der Waals surface area contributed by atoms with E-state index in [0.717, 1.165) is 19.3 Å². The van der Waals surface area contributed by atoms with Gasteiger partial charge in [-0.1, -0.05) is 170 Å². The molecule has 18 rings (SSSR count). The van der Waals surface area contributed by atoms with E-state index in [1.807, 2.05) is 0 Å². The van der Waals surface area contributed by atoms with Crippen LogP contribution in [0.3, 0.4) is 0 Å². The largest absolute Gasteiger partial charge is 0.333 e. The molecule has 360 valence electrons. The summed E-state index contributed by atoms with van der Waals surface area (Å²) >= 11 is 0. The molecule has 4 aliphatic rings. The maximum Gasteiger partial charge on any atom is 0.0691 e. The summed E-state index contributed by atoms with van der Waals surface area (Å²) in [6.07, 6.45) is 12.6. The number of hydrogen-bond donors (Lipinski definition) is 0. The van der Waals surface area contributed by atoms with Crippen LogP contribution in [0.15, 0.2) is 248 Å². The molecule has 1 unspecified atom stereocenters. The highest BCUT2D eigenvalue weighted by atomic mass is 15.0. The molecule has 0 radical (unpaired) electrons. The third-order valence-corrected chi connectivity index (χ3v) is 18.2. The molecule has 0 saturated heterocycles. The zero-order chi connectivity index (χ0) is 50.1. The molecule has 1 atom stereocenters. The summed E-state index contributed by atoms with van der Waals surface area (Å²) in [6, 6.07) is 85.3. The fourth-order valence-electron chi connectivity index (χ4n) is 15.2. The molecule has 0 saturated carbocycles. The molecule has 10 aromatic carbocycles. The minimum Gasteiger partial charge on any atom is -0.333 e. The van der Waals surface area contributed by atoms with Gasteiger partial charge in [-0.05, 0) is 143 Å². The molecule has 0 fully saturated rings. The molecular weight excluding hydrogens is 933 g/mol. The number of aromatic nitrogens is 4. The Morgan fingerprint density at radius 3 is 1.25 bits per heavy atom. The minimum absolute atomic E-state index is 0.0601. The average Bonchev–Trinajstić information content (AvgIpc) is 4.41. The Balaban J connectivity index is 0.964. The average molecular weight is 981 g/mol. The van der Waals surface area contributed by atoms with Crippen molar-refractivity contribution < 1.29 is 0 Å². The van der Waals surface area contributed by atoms with Gasteiger partial charge >= 0.3 is 0 Å². The molecule has 0 aliphatic heterocycles. The number of benzene rings is 10. The van der Waals surface area contributed by atoms with Crippen LogP contribution in [0.2, 0.25) is 0 Å². The Hall–Kier alpha value is -9.64. The lowest BCUT2D eigenvalue weighted by Gasteiger charge is -2.36. The van der Waals surface area contributed by atoms with Crippen LogP contribution in [0.4, 0.5) is 0 Å². The van der Waals surface area contributed by atoms with Gasteiger partial charge in [-0.2, -0.15) is 0 Å². The molecule has 4 aliphatic carbocycles.